The van der Waals surface area contributed by atoms with Gasteiger partial charge in [0.25, 0.3) is 0 Å². The summed E-state index contributed by atoms with van der Waals surface area (Å²) in [4.78, 5) is 0. The number of hydrogen-bond donors (Lipinski definition) is 2. The van der Waals surface area contributed by atoms with E-state index in [1.54, 1.807) is 24.3 Å². The van der Waals surface area contributed by atoms with E-state index >= 15 is 0 Å². The van der Waals surface area contributed by atoms with Crippen LogP contribution in [0.2, 0.25) is 0 Å². The van der Waals surface area contributed by atoms with Gasteiger partial charge in [0.05, 0.1) is 0 Å². The van der Waals surface area contributed by atoms with Crippen molar-refractivity contribution in [2.24, 2.45) is 0 Å². The molecule has 0 bridgehead atoms. The third-order valence-corrected chi connectivity index (χ3v) is 1.68. The van der Waals surface area contributed by atoms with Gasteiger partial charge in [-0.2, -0.15) is 0 Å². The number of aliphatic hydroxyl groups is 2. The smallest absolute Gasteiger partial charge is 0.123 e. The summed E-state index contributed by atoms with van der Waals surface area (Å²) in [6.07, 6.45) is 9.52. The van der Waals surface area contributed by atoms with E-state index in [0.717, 1.165) is 0 Å². The summed E-state index contributed by atoms with van der Waals surface area (Å²) in [5.74, 6) is 1.02. The van der Waals surface area contributed by atoms with Gasteiger partial charge in [0.2, 0.25) is 0 Å². The normalized spacial score (nSPS) is 13.3. The van der Waals surface area contributed by atoms with Gasteiger partial charge >= 0.3 is 0 Å². The van der Waals surface area contributed by atoms with Gasteiger partial charge in [-0.25, -0.2) is 0 Å². The lowest BCUT2D eigenvalue weighted by atomic mass is 10.3. The van der Waals surface area contributed by atoms with Crippen LogP contribution in [0.25, 0.3) is 0 Å². The SMILES string of the molecule is C=C(O)/C=C\C(=C/C)OC(/C=C\C(=C)O)=C/C. The zero-order valence-corrected chi connectivity index (χ0v) is 10.2. The van der Waals surface area contributed by atoms with Crippen molar-refractivity contribution in [1.29, 1.82) is 0 Å². The van der Waals surface area contributed by atoms with Crippen LogP contribution in [0.4, 0.5) is 0 Å². The molecule has 0 aliphatic heterocycles. The van der Waals surface area contributed by atoms with Crippen molar-refractivity contribution in [1.82, 2.24) is 0 Å². The third-order valence-electron chi connectivity index (χ3n) is 1.68. The minimum Gasteiger partial charge on any atom is -0.509 e. The summed E-state index contributed by atoms with van der Waals surface area (Å²) in [7, 11) is 0. The van der Waals surface area contributed by atoms with Gasteiger partial charge in [0.15, 0.2) is 0 Å². The van der Waals surface area contributed by atoms with Crippen LogP contribution in [0.3, 0.4) is 0 Å². The summed E-state index contributed by atoms with van der Waals surface area (Å²) < 4.78 is 5.49. The highest BCUT2D eigenvalue weighted by Crippen LogP contribution is 2.10. The van der Waals surface area contributed by atoms with E-state index in [-0.39, 0.29) is 11.5 Å². The second-order valence-corrected chi connectivity index (χ2v) is 3.13. The van der Waals surface area contributed by atoms with Crippen LogP contribution in [0.1, 0.15) is 13.8 Å². The van der Waals surface area contributed by atoms with E-state index in [9.17, 15) is 0 Å². The molecule has 0 aromatic carbocycles. The lowest BCUT2D eigenvalue weighted by Crippen LogP contribution is -1.88. The van der Waals surface area contributed by atoms with Crippen molar-refractivity contribution < 1.29 is 14.9 Å². The topological polar surface area (TPSA) is 49.7 Å². The lowest BCUT2D eigenvalue weighted by Gasteiger charge is -2.06. The Bertz CT molecular complexity index is 358. The van der Waals surface area contributed by atoms with Crippen LogP contribution in [-0.4, -0.2) is 10.2 Å². The van der Waals surface area contributed by atoms with Gasteiger partial charge in [-0.05, 0) is 50.3 Å². The first-order chi connectivity index (χ1) is 7.99. The van der Waals surface area contributed by atoms with Crippen molar-refractivity contribution in [2.45, 2.75) is 13.8 Å². The maximum absolute atomic E-state index is 8.93. The summed E-state index contributed by atoms with van der Waals surface area (Å²) in [6.45, 7) is 10.3. The van der Waals surface area contributed by atoms with Crippen LogP contribution < -0.4 is 0 Å². The van der Waals surface area contributed by atoms with Gasteiger partial charge in [-0.3, -0.25) is 0 Å². The zero-order chi connectivity index (χ0) is 13.3. The molecule has 0 rings (SSSR count). The second kappa shape index (κ2) is 8.05. The number of allylic oxidation sites excluding steroid dienone is 6. The molecule has 0 aliphatic rings. The number of aliphatic hydroxyl groups excluding tert-OH is 2. The second-order valence-electron chi connectivity index (χ2n) is 3.13. The molecule has 0 saturated heterocycles. The van der Waals surface area contributed by atoms with Crippen molar-refractivity contribution >= 4 is 0 Å². The van der Waals surface area contributed by atoms with Crippen LogP contribution in [-0.2, 0) is 4.74 Å². The minimum absolute atomic E-state index is 0.0470. The summed E-state index contributed by atoms with van der Waals surface area (Å²) in [5, 5.41) is 17.9. The molecule has 92 valence electrons. The van der Waals surface area contributed by atoms with Gasteiger partial charge in [-0.15, -0.1) is 0 Å². The van der Waals surface area contributed by atoms with Crippen LogP contribution in [0, 0.1) is 0 Å². The zero-order valence-electron chi connectivity index (χ0n) is 10.2. The Hall–Kier alpha value is -2.16. The van der Waals surface area contributed by atoms with Gasteiger partial charge in [-0.1, -0.05) is 13.2 Å². The first kappa shape index (κ1) is 14.8. The van der Waals surface area contributed by atoms with Crippen molar-refractivity contribution in [2.75, 3.05) is 0 Å². The largest absolute Gasteiger partial charge is 0.509 e. The quantitative estimate of drug-likeness (QED) is 0.538. The Balaban J connectivity index is 4.67. The highest BCUT2D eigenvalue weighted by Gasteiger charge is 1.96. The van der Waals surface area contributed by atoms with Gasteiger partial charge < -0.3 is 14.9 Å². The highest BCUT2D eigenvalue weighted by atomic mass is 16.5. The molecule has 0 unspecified atom stereocenters. The molecule has 0 atom stereocenters. The minimum atomic E-state index is -0.0470. The maximum Gasteiger partial charge on any atom is 0.123 e. The molecule has 0 spiro atoms. The number of ether oxygens (including phenoxy) is 1. The average molecular weight is 234 g/mol. The van der Waals surface area contributed by atoms with Crippen molar-refractivity contribution in [3.05, 3.63) is 72.7 Å². The predicted molar refractivity (Wildman–Crippen MR) is 70.4 cm³/mol. The fourth-order valence-electron chi connectivity index (χ4n) is 0.871. The summed E-state index contributed by atoms with van der Waals surface area (Å²) in [5.41, 5.74) is 0. The fourth-order valence-corrected chi connectivity index (χ4v) is 0.871. The molecule has 2 N–H and O–H groups in total. The summed E-state index contributed by atoms with van der Waals surface area (Å²) >= 11 is 0. The molecule has 17 heavy (non-hydrogen) atoms. The van der Waals surface area contributed by atoms with Gasteiger partial charge in [0.1, 0.15) is 23.0 Å². The van der Waals surface area contributed by atoms with Crippen LogP contribution in [0.5, 0.6) is 0 Å². The summed E-state index contributed by atoms with van der Waals surface area (Å²) in [6, 6.07) is 0. The molecule has 3 heteroatoms. The first-order valence-electron chi connectivity index (χ1n) is 5.12. The molecule has 0 aromatic rings. The van der Waals surface area contributed by atoms with E-state index in [1.807, 2.05) is 13.8 Å². The van der Waals surface area contributed by atoms with E-state index in [0.29, 0.717) is 11.5 Å². The molecule has 0 fully saturated rings. The molecule has 0 aliphatic carbocycles. The Labute approximate surface area is 102 Å². The molecular formula is C14H18O3. The predicted octanol–water partition coefficient (Wildman–Crippen LogP) is 4.07. The molecular weight excluding hydrogens is 216 g/mol. The van der Waals surface area contributed by atoms with E-state index in [2.05, 4.69) is 13.2 Å². The average Bonchev–Trinajstić information content (AvgIpc) is 2.27. The lowest BCUT2D eigenvalue weighted by molar-refractivity contribution is 0.333. The Morgan fingerprint density at radius 2 is 1.18 bits per heavy atom. The molecule has 3 nitrogen and oxygen atoms in total. The molecule has 0 amide bonds. The molecule has 0 heterocycles. The number of rotatable bonds is 6. The molecule has 0 saturated carbocycles. The van der Waals surface area contributed by atoms with E-state index < -0.39 is 0 Å². The third kappa shape index (κ3) is 7.73. The Morgan fingerprint density at radius 3 is 1.41 bits per heavy atom. The maximum atomic E-state index is 8.93. The van der Waals surface area contributed by atoms with Crippen LogP contribution in [0.15, 0.2) is 72.7 Å². The van der Waals surface area contributed by atoms with E-state index in [1.165, 1.54) is 12.2 Å². The fraction of sp³-hybridized carbons (Fsp3) is 0.143. The highest BCUT2D eigenvalue weighted by molar-refractivity contribution is 5.24. The standard InChI is InChI=1S/C14H18O3/c1-5-13(9-7-11(3)15)17-14(6-2)10-8-12(4)16/h5-10,15-16H,3-4H2,1-2H3/b9-7-,10-8-,13-5+,14-6+. The first-order valence-corrected chi connectivity index (χ1v) is 5.12. The molecule has 0 aromatic heterocycles. The Kier molecular flexibility index (Phi) is 7.02. The molecule has 0 radical (unpaired) electrons. The van der Waals surface area contributed by atoms with Crippen molar-refractivity contribution in [3.63, 3.8) is 0 Å². The monoisotopic (exact) mass is 234 g/mol. The van der Waals surface area contributed by atoms with E-state index in [4.69, 9.17) is 14.9 Å². The number of hydrogen-bond acceptors (Lipinski definition) is 3. The Morgan fingerprint density at radius 1 is 0.824 bits per heavy atom. The van der Waals surface area contributed by atoms with Crippen molar-refractivity contribution in [3.8, 4) is 0 Å². The van der Waals surface area contributed by atoms with Crippen LogP contribution >= 0.6 is 0 Å². The van der Waals surface area contributed by atoms with Gasteiger partial charge in [0, 0.05) is 0 Å².